The second-order valence-electron chi connectivity index (χ2n) is 22.1. The molecule has 4 saturated heterocycles. The summed E-state index contributed by atoms with van der Waals surface area (Å²) in [6.07, 6.45) is 14.9. The zero-order valence-corrected chi connectivity index (χ0v) is 53.2. The summed E-state index contributed by atoms with van der Waals surface area (Å²) in [6.45, 7) is 28.7. The molecule has 6 aliphatic heterocycles. The molecule has 0 bridgehead atoms. The van der Waals surface area contributed by atoms with E-state index in [1.165, 1.54) is 101 Å². The van der Waals surface area contributed by atoms with Gasteiger partial charge >= 0.3 is 12.0 Å². The Morgan fingerprint density at radius 3 is 1.35 bits per heavy atom. The quantitative estimate of drug-likeness (QED) is 0.128. The van der Waals surface area contributed by atoms with E-state index in [-0.39, 0.29) is 17.5 Å². The molecule has 14 nitrogen and oxygen atoms in total. The molecule has 16 heteroatoms. The molecule has 0 amide bonds. The van der Waals surface area contributed by atoms with Gasteiger partial charge in [-0.15, -0.1) is 0 Å². The molecule has 84 heavy (non-hydrogen) atoms. The Kier molecular flexibility index (Phi) is 25.0. The van der Waals surface area contributed by atoms with E-state index in [9.17, 15) is 9.59 Å². The molecular formula is C68H92Cl2N10O4. The highest BCUT2D eigenvalue weighted by molar-refractivity contribution is 6.37. The van der Waals surface area contributed by atoms with Crippen LogP contribution in [0.25, 0.3) is 21.5 Å². The maximum atomic E-state index is 12.2. The highest BCUT2D eigenvalue weighted by Gasteiger charge is 2.56. The number of halogens is 2. The van der Waals surface area contributed by atoms with Crippen LogP contribution in [0.4, 0.5) is 23.0 Å². The fraction of sp³-hybridized carbons (Fsp3) is 0.500. The SMILES string of the molecule is C=CC(=O)C1C2CCN(c3nc(OC)nc4c3CCN(c3cccc5cccc(Cl)c35)C4)CC21.C=CC(C)=O.CC.CC.CN1CCCC1.CN1CCCC1.COc1nc2c(c(N3CCCCC3)n1)CCN(c1cccc3cccc(Cl)c13)C2. The summed E-state index contributed by atoms with van der Waals surface area (Å²) in [4.78, 5) is 55.1. The monoisotopic (exact) mass is 1180 g/mol. The third-order valence-corrected chi connectivity index (χ3v) is 17.3. The molecule has 0 spiro atoms. The highest BCUT2D eigenvalue weighted by Crippen LogP contribution is 2.53. The van der Waals surface area contributed by atoms with Gasteiger partial charge in [-0.2, -0.15) is 19.9 Å². The molecule has 2 aromatic heterocycles. The standard InChI is InChI=1S/C27H27ClN4O2.C23H25ClN4O.2C5H11N.C4H6O.2C2H6/c1-3-23(33)25-17-10-13-32(14-19(17)25)26-18-11-12-31(15-21(18)29-27(30-26)34-2)22-9-5-7-16-6-4-8-20(28)24(16)22;1-29-23-25-19-15-28(20-10-6-8-16-7-5-9-18(24)21(16)20)14-11-17(19)22(26-23)27-12-3-2-4-13-27;2*1-6-4-2-3-5-6;1-3-4(2)5;2*1-2/h3-9,17,19,25H,1,10-15H2,2H3;5-10H,2-4,11-15H2,1H3;2*2-5H2,1H3;3H,1H2,2H3;2*1-2H3. The number of carbonyl (C=O) groups excluding carboxylic acids is 2. The fourth-order valence-electron chi connectivity index (χ4n) is 12.3. The molecule has 3 unspecified atom stereocenters. The molecule has 1 saturated carbocycles. The van der Waals surface area contributed by atoms with Gasteiger partial charge in [-0.05, 0) is 170 Å². The van der Waals surface area contributed by atoms with Gasteiger partial charge in [-0.25, -0.2) is 0 Å². The number of hydrogen-bond acceptors (Lipinski definition) is 14. The fourth-order valence-corrected chi connectivity index (χ4v) is 12.9. The molecular weight excluding hydrogens is 1090 g/mol. The van der Waals surface area contributed by atoms with E-state index >= 15 is 0 Å². The largest absolute Gasteiger partial charge is 0.467 e. The van der Waals surface area contributed by atoms with Crippen LogP contribution in [0.2, 0.25) is 10.0 Å². The maximum Gasteiger partial charge on any atom is 0.318 e. The Labute approximate surface area is 511 Å². The van der Waals surface area contributed by atoms with E-state index in [4.69, 9.17) is 52.6 Å². The molecule has 13 rings (SSSR count). The van der Waals surface area contributed by atoms with Crippen molar-refractivity contribution in [1.29, 1.82) is 0 Å². The summed E-state index contributed by atoms with van der Waals surface area (Å²) in [5.74, 6) is 3.26. The first-order valence-corrected chi connectivity index (χ1v) is 31.5. The van der Waals surface area contributed by atoms with Gasteiger partial charge in [0.1, 0.15) is 11.6 Å². The van der Waals surface area contributed by atoms with Crippen molar-refractivity contribution >= 4 is 79.3 Å². The normalized spacial score (nSPS) is 19.4. The number of allylic oxidation sites excluding steroid dienone is 2. The molecule has 6 aromatic rings. The minimum absolute atomic E-state index is 0.0185. The number of fused-ring (bicyclic) bond motifs is 5. The molecule has 8 heterocycles. The van der Waals surface area contributed by atoms with Gasteiger partial charge in [-0.3, -0.25) is 9.59 Å². The van der Waals surface area contributed by atoms with Crippen LogP contribution >= 0.6 is 23.2 Å². The van der Waals surface area contributed by atoms with Crippen LogP contribution in [0.5, 0.6) is 12.0 Å². The molecule has 452 valence electrons. The number of piperidine rings is 2. The topological polar surface area (TPSA) is 124 Å². The van der Waals surface area contributed by atoms with Gasteiger partial charge in [-0.1, -0.05) is 113 Å². The first-order chi connectivity index (χ1) is 40.9. The van der Waals surface area contributed by atoms with Gasteiger partial charge in [0.2, 0.25) is 0 Å². The lowest BCUT2D eigenvalue weighted by atomic mass is 10.0. The zero-order chi connectivity index (χ0) is 60.3. The van der Waals surface area contributed by atoms with Crippen LogP contribution in [0.1, 0.15) is 109 Å². The van der Waals surface area contributed by atoms with E-state index in [0.29, 0.717) is 30.4 Å². The minimum Gasteiger partial charge on any atom is -0.467 e. The van der Waals surface area contributed by atoms with Crippen LogP contribution in [-0.2, 0) is 35.5 Å². The van der Waals surface area contributed by atoms with Crippen molar-refractivity contribution in [1.82, 2.24) is 29.7 Å². The Bertz CT molecular complexity index is 3120. The van der Waals surface area contributed by atoms with Crippen molar-refractivity contribution in [3.8, 4) is 12.0 Å². The molecule has 4 aromatic carbocycles. The first kappa shape index (κ1) is 65.2. The average Bonchev–Trinajstić information content (AvgIpc) is 3.00. The molecule has 0 radical (unpaired) electrons. The second kappa shape index (κ2) is 32.3. The Morgan fingerprint density at radius 1 is 0.536 bits per heavy atom. The number of methoxy groups -OCH3 is 2. The van der Waals surface area contributed by atoms with Crippen molar-refractivity contribution in [3.63, 3.8) is 0 Å². The van der Waals surface area contributed by atoms with Crippen molar-refractivity contribution < 1.29 is 19.1 Å². The summed E-state index contributed by atoms with van der Waals surface area (Å²) in [5.41, 5.74) is 6.80. The van der Waals surface area contributed by atoms with Gasteiger partial charge in [0.25, 0.3) is 0 Å². The van der Waals surface area contributed by atoms with Gasteiger partial charge in [0.15, 0.2) is 11.6 Å². The van der Waals surface area contributed by atoms with Crippen LogP contribution in [0, 0.1) is 17.8 Å². The summed E-state index contributed by atoms with van der Waals surface area (Å²) < 4.78 is 11.0. The number of hydrogen-bond donors (Lipinski definition) is 0. The van der Waals surface area contributed by atoms with Crippen molar-refractivity contribution in [2.24, 2.45) is 17.8 Å². The van der Waals surface area contributed by atoms with E-state index in [1.807, 2.05) is 52.0 Å². The van der Waals surface area contributed by atoms with Crippen LogP contribution in [0.3, 0.4) is 0 Å². The van der Waals surface area contributed by atoms with Crippen LogP contribution in [0.15, 0.2) is 98.1 Å². The third kappa shape index (κ3) is 16.3. The number of ketones is 2. The molecule has 3 atom stereocenters. The third-order valence-electron chi connectivity index (χ3n) is 16.7. The van der Waals surface area contributed by atoms with E-state index in [1.54, 1.807) is 14.2 Å². The lowest BCUT2D eigenvalue weighted by Crippen LogP contribution is -2.37. The number of nitrogens with zero attached hydrogens (tertiary/aromatic N) is 10. The van der Waals surface area contributed by atoms with Gasteiger partial charge in [0.05, 0.1) is 48.7 Å². The van der Waals surface area contributed by atoms with Crippen LogP contribution < -0.4 is 29.1 Å². The lowest BCUT2D eigenvalue weighted by molar-refractivity contribution is -0.116. The maximum absolute atomic E-state index is 12.2. The summed E-state index contributed by atoms with van der Waals surface area (Å²) in [7, 11) is 7.61. The molecule has 0 N–H and O–H groups in total. The summed E-state index contributed by atoms with van der Waals surface area (Å²) in [6, 6.07) is 25.6. The average molecular weight is 1180 g/mol. The van der Waals surface area contributed by atoms with Crippen molar-refractivity contribution in [3.05, 3.63) is 131 Å². The molecule has 7 aliphatic rings. The van der Waals surface area contributed by atoms with Crippen molar-refractivity contribution in [2.75, 3.05) is 113 Å². The Balaban J connectivity index is 0.000000181. The molecule has 1 aliphatic carbocycles. The van der Waals surface area contributed by atoms with Crippen molar-refractivity contribution in [2.45, 2.75) is 112 Å². The Morgan fingerprint density at radius 2 is 0.952 bits per heavy atom. The van der Waals surface area contributed by atoms with Crippen LogP contribution in [-0.4, -0.2) is 135 Å². The lowest BCUT2D eigenvalue weighted by Gasteiger charge is -2.35. The summed E-state index contributed by atoms with van der Waals surface area (Å²) in [5, 5.41) is 6.03. The molecule has 5 fully saturated rings. The summed E-state index contributed by atoms with van der Waals surface area (Å²) >= 11 is 13.2. The minimum atomic E-state index is 0.0185. The zero-order valence-electron chi connectivity index (χ0n) is 51.6. The van der Waals surface area contributed by atoms with E-state index < -0.39 is 0 Å². The highest BCUT2D eigenvalue weighted by atomic mass is 35.5. The predicted molar refractivity (Wildman–Crippen MR) is 350 cm³/mol. The first-order valence-electron chi connectivity index (χ1n) is 30.8. The van der Waals surface area contributed by atoms with Gasteiger partial charge < -0.3 is 38.9 Å². The number of ether oxygens (including phenoxy) is 2. The predicted octanol–water partition coefficient (Wildman–Crippen LogP) is 13.8. The van der Waals surface area contributed by atoms with Gasteiger partial charge in [0, 0.05) is 78.5 Å². The number of carbonyl (C=O) groups is 2. The van der Waals surface area contributed by atoms with E-state index in [0.717, 1.165) is 131 Å². The number of benzene rings is 4. The number of rotatable bonds is 9. The number of likely N-dealkylation sites (tertiary alicyclic amines) is 2. The Hall–Kier alpha value is -6.32. The van der Waals surface area contributed by atoms with E-state index in [2.05, 4.69) is 105 Å². The number of anilines is 4. The number of aromatic nitrogens is 4. The second-order valence-corrected chi connectivity index (χ2v) is 22.9. The smallest absolute Gasteiger partial charge is 0.318 e.